The van der Waals surface area contributed by atoms with Gasteiger partial charge in [-0.2, -0.15) is 0 Å². The fraction of sp³-hybridized carbons (Fsp3) is 0.571. The highest BCUT2D eigenvalue weighted by atomic mass is 32.2. The Morgan fingerprint density at radius 3 is 2.58 bits per heavy atom. The summed E-state index contributed by atoms with van der Waals surface area (Å²) in [6, 6.07) is 5.45. The Morgan fingerprint density at radius 1 is 1.21 bits per heavy atom. The number of hydrogen-bond donors (Lipinski definition) is 1. The van der Waals surface area contributed by atoms with Crippen molar-refractivity contribution in [2.75, 3.05) is 6.54 Å². The molecule has 0 aromatic heterocycles. The Bertz CT molecular complexity index is 510. The van der Waals surface area contributed by atoms with Crippen LogP contribution in [0.5, 0.6) is 0 Å². The average molecular weight is 285 g/mol. The summed E-state index contributed by atoms with van der Waals surface area (Å²) in [4.78, 5) is -0.268. The number of benzene rings is 1. The summed E-state index contributed by atoms with van der Waals surface area (Å²) in [5, 5.41) is 0. The summed E-state index contributed by atoms with van der Waals surface area (Å²) >= 11 is 0. The quantitative estimate of drug-likeness (QED) is 0.816. The Hall–Kier alpha value is -0.940. The van der Waals surface area contributed by atoms with Crippen LogP contribution in [0.25, 0.3) is 0 Å². The Labute approximate surface area is 114 Å². The summed E-state index contributed by atoms with van der Waals surface area (Å²) in [7, 11) is -3.71. The topological polar surface area (TPSA) is 46.2 Å². The highest BCUT2D eigenvalue weighted by Crippen LogP contribution is 2.28. The molecule has 5 heteroatoms. The summed E-state index contributed by atoms with van der Waals surface area (Å²) in [6.07, 6.45) is 7.00. The molecule has 1 aliphatic rings. The molecule has 0 bridgehead atoms. The van der Waals surface area contributed by atoms with Crippen molar-refractivity contribution in [1.29, 1.82) is 0 Å². The smallest absolute Gasteiger partial charge is 0.211 e. The van der Waals surface area contributed by atoms with Gasteiger partial charge in [-0.1, -0.05) is 37.8 Å². The molecule has 0 radical (unpaired) electrons. The van der Waals surface area contributed by atoms with Crippen LogP contribution in [-0.4, -0.2) is 15.0 Å². The minimum Gasteiger partial charge on any atom is -0.211 e. The van der Waals surface area contributed by atoms with Gasteiger partial charge in [-0.3, -0.25) is 0 Å². The van der Waals surface area contributed by atoms with E-state index in [0.717, 1.165) is 24.8 Å². The molecule has 0 heterocycles. The SMILES string of the molecule is O=S(=O)(NCCCC1CCCC1)c1ccccc1F. The maximum absolute atomic E-state index is 13.4. The summed E-state index contributed by atoms with van der Waals surface area (Å²) in [5.41, 5.74) is 0. The van der Waals surface area contributed by atoms with Crippen molar-refractivity contribution in [3.8, 4) is 0 Å². The van der Waals surface area contributed by atoms with E-state index in [1.54, 1.807) is 0 Å². The molecule has 106 valence electrons. The number of hydrogen-bond acceptors (Lipinski definition) is 2. The van der Waals surface area contributed by atoms with Gasteiger partial charge in [0.05, 0.1) is 0 Å². The molecule has 0 saturated heterocycles. The molecule has 1 N–H and O–H groups in total. The van der Waals surface area contributed by atoms with Gasteiger partial charge in [0.15, 0.2) is 0 Å². The molecular formula is C14H20FNO2S. The molecule has 0 atom stereocenters. The second-order valence-corrected chi connectivity index (χ2v) is 6.86. The monoisotopic (exact) mass is 285 g/mol. The van der Waals surface area contributed by atoms with E-state index in [1.165, 1.54) is 43.9 Å². The van der Waals surface area contributed by atoms with Crippen LogP contribution in [0.3, 0.4) is 0 Å². The van der Waals surface area contributed by atoms with Gasteiger partial charge >= 0.3 is 0 Å². The van der Waals surface area contributed by atoms with Crippen LogP contribution < -0.4 is 4.72 Å². The van der Waals surface area contributed by atoms with Crippen molar-refractivity contribution in [3.63, 3.8) is 0 Å². The highest BCUT2D eigenvalue weighted by Gasteiger charge is 2.18. The third kappa shape index (κ3) is 4.01. The Morgan fingerprint density at radius 2 is 1.89 bits per heavy atom. The zero-order valence-electron chi connectivity index (χ0n) is 10.9. The number of halogens is 1. The third-order valence-corrected chi connectivity index (χ3v) is 5.18. The van der Waals surface area contributed by atoms with Crippen molar-refractivity contribution >= 4 is 10.0 Å². The largest absolute Gasteiger partial charge is 0.243 e. The van der Waals surface area contributed by atoms with Crippen LogP contribution in [0, 0.1) is 11.7 Å². The predicted octanol–water partition coefficient (Wildman–Crippen LogP) is 3.07. The minimum absolute atomic E-state index is 0.268. The number of rotatable bonds is 6. The molecule has 0 spiro atoms. The zero-order chi connectivity index (χ0) is 13.7. The lowest BCUT2D eigenvalue weighted by Gasteiger charge is -2.10. The molecule has 1 aromatic carbocycles. The molecule has 1 aliphatic carbocycles. The minimum atomic E-state index is -3.71. The lowest BCUT2D eigenvalue weighted by molar-refractivity contribution is 0.480. The molecule has 1 aromatic rings. The molecule has 1 saturated carbocycles. The van der Waals surface area contributed by atoms with Crippen molar-refractivity contribution in [2.24, 2.45) is 5.92 Å². The average Bonchev–Trinajstić information content (AvgIpc) is 2.88. The second-order valence-electron chi connectivity index (χ2n) is 5.12. The van der Waals surface area contributed by atoms with E-state index in [0.29, 0.717) is 6.54 Å². The van der Waals surface area contributed by atoms with Gasteiger partial charge in [-0.15, -0.1) is 0 Å². The Kier molecular flexibility index (Phi) is 4.93. The van der Waals surface area contributed by atoms with E-state index in [4.69, 9.17) is 0 Å². The molecule has 0 unspecified atom stereocenters. The van der Waals surface area contributed by atoms with Crippen molar-refractivity contribution < 1.29 is 12.8 Å². The first-order valence-electron chi connectivity index (χ1n) is 6.84. The van der Waals surface area contributed by atoms with Gasteiger partial charge in [-0.05, 0) is 30.9 Å². The van der Waals surface area contributed by atoms with E-state index < -0.39 is 15.8 Å². The van der Waals surface area contributed by atoms with Gasteiger partial charge in [0.1, 0.15) is 10.7 Å². The van der Waals surface area contributed by atoms with E-state index in [2.05, 4.69) is 4.72 Å². The van der Waals surface area contributed by atoms with E-state index in [1.807, 2.05) is 0 Å². The van der Waals surface area contributed by atoms with Crippen LogP contribution in [-0.2, 0) is 10.0 Å². The molecule has 1 fully saturated rings. The molecule has 0 aliphatic heterocycles. The summed E-state index contributed by atoms with van der Waals surface area (Å²) in [5.74, 6) is 0.0451. The van der Waals surface area contributed by atoms with Crippen LogP contribution in [0.2, 0.25) is 0 Å². The van der Waals surface area contributed by atoms with Gasteiger partial charge in [0.2, 0.25) is 10.0 Å². The maximum Gasteiger partial charge on any atom is 0.243 e. The fourth-order valence-corrected chi connectivity index (χ4v) is 3.79. The van der Waals surface area contributed by atoms with Crippen LogP contribution in [0.15, 0.2) is 29.2 Å². The Balaban J connectivity index is 1.82. The number of nitrogens with one attached hydrogen (secondary N) is 1. The van der Waals surface area contributed by atoms with Gasteiger partial charge in [0.25, 0.3) is 0 Å². The van der Waals surface area contributed by atoms with Crippen LogP contribution in [0.4, 0.5) is 4.39 Å². The van der Waals surface area contributed by atoms with E-state index >= 15 is 0 Å². The molecule has 2 rings (SSSR count). The van der Waals surface area contributed by atoms with Gasteiger partial charge in [-0.25, -0.2) is 17.5 Å². The number of sulfonamides is 1. The molecule has 3 nitrogen and oxygen atoms in total. The molecule has 19 heavy (non-hydrogen) atoms. The van der Waals surface area contributed by atoms with E-state index in [-0.39, 0.29) is 4.90 Å². The first-order chi connectivity index (χ1) is 9.09. The van der Waals surface area contributed by atoms with Gasteiger partial charge in [0, 0.05) is 6.54 Å². The van der Waals surface area contributed by atoms with Crippen LogP contribution >= 0.6 is 0 Å². The first kappa shape index (κ1) is 14.5. The second kappa shape index (κ2) is 6.48. The van der Waals surface area contributed by atoms with E-state index in [9.17, 15) is 12.8 Å². The van der Waals surface area contributed by atoms with Crippen molar-refractivity contribution in [3.05, 3.63) is 30.1 Å². The summed E-state index contributed by atoms with van der Waals surface area (Å²) in [6.45, 7) is 0.382. The lowest BCUT2D eigenvalue weighted by atomic mass is 10.0. The first-order valence-corrected chi connectivity index (χ1v) is 8.32. The third-order valence-electron chi connectivity index (χ3n) is 3.68. The van der Waals surface area contributed by atoms with Crippen molar-refractivity contribution in [1.82, 2.24) is 4.72 Å². The van der Waals surface area contributed by atoms with Gasteiger partial charge < -0.3 is 0 Å². The molecule has 0 amide bonds. The molecular weight excluding hydrogens is 265 g/mol. The fourth-order valence-electron chi connectivity index (χ4n) is 2.64. The maximum atomic E-state index is 13.4. The van der Waals surface area contributed by atoms with Crippen LogP contribution in [0.1, 0.15) is 38.5 Å². The van der Waals surface area contributed by atoms with Crippen molar-refractivity contribution in [2.45, 2.75) is 43.4 Å². The highest BCUT2D eigenvalue weighted by molar-refractivity contribution is 7.89. The summed E-state index contributed by atoms with van der Waals surface area (Å²) < 4.78 is 39.7. The normalized spacial score (nSPS) is 16.9. The predicted molar refractivity (Wildman–Crippen MR) is 72.8 cm³/mol. The standard InChI is InChI=1S/C14H20FNO2S/c15-13-9-3-4-10-14(13)19(17,18)16-11-5-8-12-6-1-2-7-12/h3-4,9-10,12,16H,1-2,5-8,11H2. The lowest BCUT2D eigenvalue weighted by Crippen LogP contribution is -2.25. The zero-order valence-corrected chi connectivity index (χ0v) is 11.8.